The Morgan fingerprint density at radius 3 is 1.18 bits per heavy atom. The fourth-order valence-corrected chi connectivity index (χ4v) is 13.9. The number of rotatable bonds is 8. The minimum Gasteiger partial charge on any atom is -0.391 e. The second-order valence-electron chi connectivity index (χ2n) is 25.1. The number of fused-ring (bicyclic) bond motifs is 9. The monoisotopic (exact) mass is 1280 g/mol. The van der Waals surface area contributed by atoms with Gasteiger partial charge in [-0.2, -0.15) is 0 Å². The van der Waals surface area contributed by atoms with Gasteiger partial charge in [0.1, 0.15) is 0 Å². The summed E-state index contributed by atoms with van der Waals surface area (Å²) in [5, 5.41) is 36.5. The summed E-state index contributed by atoms with van der Waals surface area (Å²) in [6, 6.07) is 15.6. The van der Waals surface area contributed by atoms with Gasteiger partial charge in [0.2, 0.25) is 0 Å². The van der Waals surface area contributed by atoms with E-state index in [4.69, 9.17) is 14.2 Å². The molecular weight excluding hydrogens is 1200 g/mol. The first-order valence-electron chi connectivity index (χ1n) is 31.4. The summed E-state index contributed by atoms with van der Waals surface area (Å²) in [5.74, 6) is -7.98. The number of amides is 3. The van der Waals surface area contributed by atoms with Crippen LogP contribution < -0.4 is 5.32 Å². The molecule has 19 nitrogen and oxygen atoms in total. The molecule has 6 saturated heterocycles. The predicted octanol–water partition coefficient (Wildman–Crippen LogP) is 7.94. The van der Waals surface area contributed by atoms with Crippen LogP contribution in [0.1, 0.15) is 134 Å². The van der Waals surface area contributed by atoms with Crippen LogP contribution >= 0.6 is 0 Å². The molecule has 12 heterocycles. The molecule has 3 amide bonds. The number of ether oxygens (including phenoxy) is 3. The Morgan fingerprint density at radius 1 is 0.511 bits per heavy atom. The summed E-state index contributed by atoms with van der Waals surface area (Å²) < 4.78 is 94.9. The van der Waals surface area contributed by atoms with Gasteiger partial charge < -0.3 is 49.5 Å². The first-order chi connectivity index (χ1) is 43.8. The Kier molecular flexibility index (Phi) is 20.3. The zero-order chi connectivity index (χ0) is 63.8. The van der Waals surface area contributed by atoms with E-state index < -0.39 is 36.1 Å². The average molecular weight is 1280 g/mol. The van der Waals surface area contributed by atoms with Crippen LogP contribution in [0.25, 0.3) is 32.7 Å². The molecule has 0 saturated carbocycles. The molecule has 6 fully saturated rings. The predicted molar refractivity (Wildman–Crippen MR) is 329 cm³/mol. The zero-order valence-corrected chi connectivity index (χ0v) is 50.4. The largest absolute Gasteiger partial charge is 0.391 e. The molecule has 0 aliphatic carbocycles. The van der Waals surface area contributed by atoms with Gasteiger partial charge in [0, 0.05) is 204 Å². The lowest BCUT2D eigenvalue weighted by Gasteiger charge is -2.34. The van der Waals surface area contributed by atoms with Crippen molar-refractivity contribution in [3.05, 3.63) is 123 Å². The van der Waals surface area contributed by atoms with Crippen LogP contribution in [0, 0.1) is 0 Å². The van der Waals surface area contributed by atoms with Gasteiger partial charge in [-0.05, 0) is 66.8 Å². The molecule has 3 aromatic heterocycles. The smallest absolute Gasteiger partial charge is 0.255 e. The number of benzene rings is 3. The number of carbonyl (C=O) groups is 4. The number of carbonyl (C=O) groups excluding carboxylic acids is 4. The number of aldehydes is 1. The van der Waals surface area contributed by atoms with E-state index in [0.29, 0.717) is 159 Å². The van der Waals surface area contributed by atoms with Gasteiger partial charge in [-0.25, -0.2) is 26.3 Å². The number of nitrogens with zero attached hydrogens (tertiary/aromatic N) is 8. The van der Waals surface area contributed by atoms with E-state index in [1.165, 1.54) is 0 Å². The van der Waals surface area contributed by atoms with Crippen molar-refractivity contribution in [1.82, 2.24) is 44.8 Å². The fraction of sp³-hybridized carbons (Fsp3) is 0.537. The Balaban J connectivity index is 0.000000133. The van der Waals surface area contributed by atoms with E-state index in [9.17, 15) is 60.8 Å². The van der Waals surface area contributed by atoms with Crippen molar-refractivity contribution < 1.29 is 75.1 Å². The van der Waals surface area contributed by atoms with E-state index in [2.05, 4.69) is 20.3 Å². The van der Waals surface area contributed by atoms with Crippen molar-refractivity contribution in [2.24, 2.45) is 0 Å². The maximum Gasteiger partial charge on any atom is 0.255 e. The quantitative estimate of drug-likeness (QED) is 0.0839. The third kappa shape index (κ3) is 14.2. The lowest BCUT2D eigenvalue weighted by atomic mass is 9.98. The molecule has 15 rings (SSSR count). The Bertz CT molecular complexity index is 3510. The maximum absolute atomic E-state index is 13.5. The third-order valence-electron chi connectivity index (χ3n) is 19.2. The second kappa shape index (κ2) is 28.0. The molecule has 3 aromatic carbocycles. The lowest BCUT2D eigenvalue weighted by Crippen LogP contribution is -2.49. The average Bonchev–Trinajstić information content (AvgIpc) is 1.59. The van der Waals surface area contributed by atoms with Gasteiger partial charge in [-0.15, -0.1) is 0 Å². The molecule has 9 aliphatic heterocycles. The Morgan fingerprint density at radius 2 is 0.848 bits per heavy atom. The number of aromatic nitrogens is 3. The number of aliphatic hydroxyl groups is 3. The van der Waals surface area contributed by atoms with Crippen molar-refractivity contribution >= 4 is 56.7 Å². The zero-order valence-electron chi connectivity index (χ0n) is 50.4. The summed E-state index contributed by atoms with van der Waals surface area (Å²) in [6.45, 7) is 6.90. The minimum absolute atomic E-state index is 0. The number of pyridine rings is 3. The van der Waals surface area contributed by atoms with Crippen LogP contribution in [0.2, 0.25) is 0 Å². The topological polar surface area (TPSA) is 224 Å². The summed E-state index contributed by atoms with van der Waals surface area (Å²) in [6.07, 6.45) is 5.01. The normalized spacial score (nSPS) is 26.0. The highest BCUT2D eigenvalue weighted by atomic mass is 19.3. The molecule has 6 atom stereocenters. The number of piperidine rings is 3. The number of likely N-dealkylation sites (tertiary alicyclic amines) is 2. The second-order valence-corrected chi connectivity index (χ2v) is 25.1. The standard InChI is InChI=1S/2C22H25F2N3O3.C17H16N2O4.C5H9F2N.CH4/c2*23-22(24)4-7-26(8-5-22)11-14-10-16-17(20-15(14)2-1-6-25-20)12-27(21(16)29)18-13-30-9-3-19(18)28;20-8-10-6-12-13(16-11(10)2-1-4-18-16)7-19(17(12)22)14-9-23-5-3-15(14)21;6-5(7)1-3-8-4-2-5;/h2*1-2,6,10,18-19,28H,3-5,7-9,11-13H2;1-2,4,6,8,14-15,21H,3,5,7,9H2;8H,1-4H2;1H4/t2*18-,19-;14-,15-;;/m000../s1. The van der Waals surface area contributed by atoms with Crippen molar-refractivity contribution in [3.63, 3.8) is 0 Å². The number of halogens is 6. The van der Waals surface area contributed by atoms with Gasteiger partial charge in [-0.3, -0.25) is 43.9 Å². The Hall–Kier alpha value is -6.81. The highest BCUT2D eigenvalue weighted by Crippen LogP contribution is 2.39. The third-order valence-corrected chi connectivity index (χ3v) is 19.2. The number of alkyl halides is 6. The lowest BCUT2D eigenvalue weighted by molar-refractivity contribution is -0.0571. The number of nitrogens with one attached hydrogen (secondary N) is 1. The molecule has 0 bridgehead atoms. The summed E-state index contributed by atoms with van der Waals surface area (Å²) in [7, 11) is 0. The van der Waals surface area contributed by atoms with Gasteiger partial charge in [0.25, 0.3) is 35.5 Å². The van der Waals surface area contributed by atoms with Crippen LogP contribution in [-0.2, 0) is 46.9 Å². The molecule has 0 radical (unpaired) electrons. The summed E-state index contributed by atoms with van der Waals surface area (Å²) in [5.41, 5.74) is 8.76. The van der Waals surface area contributed by atoms with E-state index in [-0.39, 0.29) is 81.8 Å². The maximum atomic E-state index is 13.5. The first kappa shape index (κ1) is 66.6. The Labute approximate surface area is 529 Å². The number of hydrogen-bond acceptors (Lipinski definition) is 16. The van der Waals surface area contributed by atoms with Crippen molar-refractivity contribution in [2.45, 2.75) is 152 Å². The van der Waals surface area contributed by atoms with E-state index >= 15 is 0 Å². The molecular formula is C67H79F6N9O10. The van der Waals surface area contributed by atoms with Crippen LogP contribution in [0.3, 0.4) is 0 Å². The first-order valence-corrected chi connectivity index (χ1v) is 31.4. The molecule has 25 heteroatoms. The van der Waals surface area contributed by atoms with Crippen molar-refractivity contribution in [2.75, 3.05) is 78.9 Å². The number of aliphatic hydroxyl groups excluding tert-OH is 3. The molecule has 6 aromatic rings. The SMILES string of the molecule is C.FC1(F)CCNCC1.O=C1c2cc(CN3CCC(F)(F)CC3)c3cccnc3c2CN1[C@H]1COCC[C@@H]1O.O=C1c2cc(CN3CCC(F)(F)CC3)c3cccnc3c2CN1[C@H]1COCC[C@@H]1O.O=Cc1cc2c(c3ncccc13)CN([C@H]1COCC[C@@H]1O)C2=O. The summed E-state index contributed by atoms with van der Waals surface area (Å²) >= 11 is 0. The van der Waals surface area contributed by atoms with Crippen molar-refractivity contribution in [3.8, 4) is 0 Å². The summed E-state index contributed by atoms with van der Waals surface area (Å²) in [4.78, 5) is 73.1. The van der Waals surface area contributed by atoms with Crippen LogP contribution in [0.5, 0.6) is 0 Å². The molecule has 92 heavy (non-hydrogen) atoms. The minimum atomic E-state index is -2.59. The molecule has 0 unspecified atom stereocenters. The van der Waals surface area contributed by atoms with E-state index in [0.717, 1.165) is 61.3 Å². The molecule has 494 valence electrons. The highest BCUT2D eigenvalue weighted by molar-refractivity contribution is 6.09. The van der Waals surface area contributed by atoms with Gasteiger partial charge >= 0.3 is 0 Å². The number of hydrogen-bond donors (Lipinski definition) is 4. The van der Waals surface area contributed by atoms with E-state index in [1.54, 1.807) is 45.4 Å². The van der Waals surface area contributed by atoms with Crippen molar-refractivity contribution in [1.29, 1.82) is 0 Å². The van der Waals surface area contributed by atoms with Gasteiger partial charge in [0.15, 0.2) is 6.29 Å². The van der Waals surface area contributed by atoms with E-state index in [1.807, 2.05) is 52.3 Å². The van der Waals surface area contributed by atoms with Crippen LogP contribution in [0.4, 0.5) is 26.3 Å². The fourth-order valence-electron chi connectivity index (χ4n) is 13.9. The van der Waals surface area contributed by atoms with Crippen LogP contribution in [0.15, 0.2) is 73.2 Å². The highest BCUT2D eigenvalue weighted by Gasteiger charge is 2.44. The van der Waals surface area contributed by atoms with Gasteiger partial charge in [-0.1, -0.05) is 25.6 Å². The van der Waals surface area contributed by atoms with Gasteiger partial charge in [0.05, 0.1) is 72.8 Å². The molecule has 4 N–H and O–H groups in total. The molecule has 0 spiro atoms. The molecule has 9 aliphatic rings. The van der Waals surface area contributed by atoms with Crippen LogP contribution in [-0.4, -0.2) is 212 Å².